The summed E-state index contributed by atoms with van der Waals surface area (Å²) in [7, 11) is 0. The number of nitrogens with one attached hydrogen (secondary N) is 1. The van der Waals surface area contributed by atoms with Crippen LogP contribution in [0.15, 0.2) is 36.5 Å². The maximum Gasteiger partial charge on any atom is 0.416 e. The number of pyridine rings is 1. The molecule has 2 heterocycles. The number of benzene rings is 1. The molecule has 0 fully saturated rings. The van der Waals surface area contributed by atoms with E-state index in [2.05, 4.69) is 25.9 Å². The summed E-state index contributed by atoms with van der Waals surface area (Å²) < 4.78 is 39.1. The second-order valence-electron chi connectivity index (χ2n) is 7.84. The van der Waals surface area contributed by atoms with Crippen LogP contribution in [0.25, 0.3) is 11.0 Å². The van der Waals surface area contributed by atoms with Crippen LogP contribution in [0.3, 0.4) is 0 Å². The fraction of sp³-hybridized carbons (Fsp3) is 0.455. The minimum atomic E-state index is -4.38. The first-order chi connectivity index (χ1) is 14.5. The van der Waals surface area contributed by atoms with Gasteiger partial charge >= 0.3 is 6.18 Å². The van der Waals surface area contributed by atoms with Gasteiger partial charge in [-0.2, -0.15) is 13.2 Å². The number of halogens is 3. The van der Waals surface area contributed by atoms with E-state index in [1.165, 1.54) is 11.6 Å². The fourth-order valence-electron chi connectivity index (χ4n) is 4.25. The quantitative estimate of drug-likeness (QED) is 0.552. The number of unbranched alkanes of at least 4 members (excludes halogenated alkanes) is 1. The van der Waals surface area contributed by atoms with Gasteiger partial charge in [0, 0.05) is 6.20 Å². The molecule has 1 unspecified atom stereocenters. The Labute approximate surface area is 173 Å². The van der Waals surface area contributed by atoms with Gasteiger partial charge in [0.15, 0.2) is 0 Å². The van der Waals surface area contributed by atoms with E-state index in [4.69, 9.17) is 5.73 Å². The van der Waals surface area contributed by atoms with Crippen LogP contribution in [-0.4, -0.2) is 32.9 Å². The number of H-pyrrole nitrogens is 1. The van der Waals surface area contributed by atoms with Crippen molar-refractivity contribution in [2.24, 2.45) is 5.73 Å². The second-order valence-corrected chi connectivity index (χ2v) is 7.84. The molecule has 3 aromatic rings. The maximum atomic E-state index is 13.0. The van der Waals surface area contributed by atoms with E-state index in [1.54, 1.807) is 0 Å². The van der Waals surface area contributed by atoms with Crippen LogP contribution in [0, 0.1) is 0 Å². The average Bonchev–Trinajstić information content (AvgIpc) is 3.14. The molecule has 1 aromatic carbocycles. The van der Waals surface area contributed by atoms with Gasteiger partial charge in [-0.05, 0) is 75.0 Å². The highest BCUT2D eigenvalue weighted by Crippen LogP contribution is 2.34. The number of imidazole rings is 1. The van der Waals surface area contributed by atoms with E-state index in [0.29, 0.717) is 29.9 Å². The molecular formula is C22H26F3N5. The molecule has 30 heavy (non-hydrogen) atoms. The summed E-state index contributed by atoms with van der Waals surface area (Å²) in [5.74, 6) is 0.667. The Balaban J connectivity index is 1.61. The molecule has 5 nitrogen and oxygen atoms in total. The molecule has 8 heteroatoms. The molecule has 1 atom stereocenters. The molecule has 4 rings (SSSR count). The van der Waals surface area contributed by atoms with Gasteiger partial charge in [-0.3, -0.25) is 9.88 Å². The first kappa shape index (κ1) is 20.8. The third-order valence-electron chi connectivity index (χ3n) is 5.72. The number of fused-ring (bicyclic) bond motifs is 2. The number of aryl methyl sites for hydroxylation is 1. The van der Waals surface area contributed by atoms with Crippen molar-refractivity contribution in [2.45, 2.75) is 50.9 Å². The Morgan fingerprint density at radius 1 is 1.20 bits per heavy atom. The van der Waals surface area contributed by atoms with Gasteiger partial charge in [-0.1, -0.05) is 6.07 Å². The largest absolute Gasteiger partial charge is 0.416 e. The molecule has 0 aliphatic heterocycles. The van der Waals surface area contributed by atoms with Gasteiger partial charge in [0.05, 0.1) is 34.9 Å². The minimum Gasteiger partial charge on any atom is -0.341 e. The summed E-state index contributed by atoms with van der Waals surface area (Å²) in [6, 6.07) is 7.91. The van der Waals surface area contributed by atoms with Gasteiger partial charge in [0.2, 0.25) is 0 Å². The smallest absolute Gasteiger partial charge is 0.341 e. The highest BCUT2D eigenvalue weighted by atomic mass is 19.4. The normalized spacial score (nSPS) is 16.9. The van der Waals surface area contributed by atoms with Crippen LogP contribution in [0.2, 0.25) is 0 Å². The van der Waals surface area contributed by atoms with Crippen LogP contribution in [0.5, 0.6) is 0 Å². The number of nitrogens with zero attached hydrogens (tertiary/aromatic N) is 3. The maximum absolute atomic E-state index is 13.0. The van der Waals surface area contributed by atoms with Gasteiger partial charge in [0.1, 0.15) is 5.82 Å². The lowest BCUT2D eigenvalue weighted by Gasteiger charge is -2.34. The fourth-order valence-corrected chi connectivity index (χ4v) is 4.25. The van der Waals surface area contributed by atoms with Gasteiger partial charge in [-0.25, -0.2) is 4.98 Å². The second kappa shape index (κ2) is 8.73. The van der Waals surface area contributed by atoms with E-state index in [0.717, 1.165) is 56.5 Å². The van der Waals surface area contributed by atoms with Crippen LogP contribution in [0.1, 0.15) is 54.4 Å². The lowest BCUT2D eigenvalue weighted by atomic mass is 9.90. The monoisotopic (exact) mass is 417 g/mol. The number of aromatic nitrogens is 3. The predicted molar refractivity (Wildman–Crippen MR) is 110 cm³/mol. The van der Waals surface area contributed by atoms with Crippen LogP contribution >= 0.6 is 0 Å². The Bertz CT molecular complexity index is 998. The molecule has 2 aromatic heterocycles. The average molecular weight is 417 g/mol. The SMILES string of the molecule is NCCCCN(Cc1nc2cc(C(F)(F)F)ccc2[nH]1)C1CCCc2cccnc21. The Hall–Kier alpha value is -2.45. The zero-order valence-electron chi connectivity index (χ0n) is 16.8. The van der Waals surface area contributed by atoms with Crippen molar-refractivity contribution in [3.8, 4) is 0 Å². The lowest BCUT2D eigenvalue weighted by Crippen LogP contribution is -2.33. The molecule has 1 aliphatic rings. The molecule has 0 spiro atoms. The summed E-state index contributed by atoms with van der Waals surface area (Å²) in [5.41, 5.74) is 8.33. The summed E-state index contributed by atoms with van der Waals surface area (Å²) >= 11 is 0. The number of nitrogens with two attached hydrogens (primary N) is 1. The van der Waals surface area contributed by atoms with Crippen molar-refractivity contribution in [3.05, 3.63) is 59.2 Å². The molecular weight excluding hydrogens is 391 g/mol. The number of alkyl halides is 3. The topological polar surface area (TPSA) is 70.8 Å². The predicted octanol–water partition coefficient (Wildman–Crippen LogP) is 4.60. The summed E-state index contributed by atoms with van der Waals surface area (Å²) in [6.07, 6.45) is 2.45. The number of hydrogen-bond donors (Lipinski definition) is 2. The highest BCUT2D eigenvalue weighted by Gasteiger charge is 2.31. The van der Waals surface area contributed by atoms with Crippen molar-refractivity contribution < 1.29 is 13.2 Å². The molecule has 0 saturated heterocycles. The summed E-state index contributed by atoms with van der Waals surface area (Å²) in [5, 5.41) is 0. The van der Waals surface area contributed by atoms with Crippen LogP contribution in [0.4, 0.5) is 13.2 Å². The van der Waals surface area contributed by atoms with Crippen molar-refractivity contribution in [1.82, 2.24) is 19.9 Å². The van der Waals surface area contributed by atoms with Crippen LogP contribution in [-0.2, 0) is 19.1 Å². The Morgan fingerprint density at radius 3 is 2.87 bits per heavy atom. The van der Waals surface area contributed by atoms with E-state index >= 15 is 0 Å². The Kier molecular flexibility index (Phi) is 6.06. The summed E-state index contributed by atoms with van der Waals surface area (Å²) in [6.45, 7) is 2.00. The molecule has 0 saturated carbocycles. The van der Waals surface area contributed by atoms with Gasteiger partial charge in [0.25, 0.3) is 0 Å². The van der Waals surface area contributed by atoms with Crippen molar-refractivity contribution in [3.63, 3.8) is 0 Å². The van der Waals surface area contributed by atoms with E-state index < -0.39 is 11.7 Å². The van der Waals surface area contributed by atoms with E-state index in [1.807, 2.05) is 12.3 Å². The third kappa shape index (κ3) is 4.49. The number of rotatable bonds is 7. The molecule has 1 aliphatic carbocycles. The first-order valence-corrected chi connectivity index (χ1v) is 10.4. The molecule has 0 radical (unpaired) electrons. The lowest BCUT2D eigenvalue weighted by molar-refractivity contribution is -0.137. The third-order valence-corrected chi connectivity index (χ3v) is 5.72. The van der Waals surface area contributed by atoms with Crippen molar-refractivity contribution in [1.29, 1.82) is 0 Å². The van der Waals surface area contributed by atoms with Gasteiger partial charge in [-0.15, -0.1) is 0 Å². The van der Waals surface area contributed by atoms with Gasteiger partial charge < -0.3 is 10.7 Å². The Morgan fingerprint density at radius 2 is 2.07 bits per heavy atom. The molecule has 160 valence electrons. The highest BCUT2D eigenvalue weighted by molar-refractivity contribution is 5.76. The standard InChI is InChI=1S/C22H26F3N5/c23-22(24,25)16-8-9-17-18(13-16)29-20(28-17)14-30(12-2-1-10-26)19-7-3-5-15-6-4-11-27-21(15)19/h4,6,8-9,11,13,19H,1-3,5,7,10,12,14,26H2,(H,28,29). The molecule has 0 bridgehead atoms. The zero-order valence-corrected chi connectivity index (χ0v) is 16.8. The minimum absolute atomic E-state index is 0.173. The molecule has 0 amide bonds. The van der Waals surface area contributed by atoms with Crippen LogP contribution < -0.4 is 5.73 Å². The van der Waals surface area contributed by atoms with E-state index in [-0.39, 0.29) is 6.04 Å². The number of hydrogen-bond acceptors (Lipinski definition) is 4. The van der Waals surface area contributed by atoms with Crippen molar-refractivity contribution in [2.75, 3.05) is 13.1 Å². The summed E-state index contributed by atoms with van der Waals surface area (Å²) in [4.78, 5) is 14.6. The van der Waals surface area contributed by atoms with E-state index in [9.17, 15) is 13.2 Å². The van der Waals surface area contributed by atoms with Crippen molar-refractivity contribution >= 4 is 11.0 Å². The molecule has 3 N–H and O–H groups in total. The number of aromatic amines is 1. The first-order valence-electron chi connectivity index (χ1n) is 10.4. The zero-order chi connectivity index (χ0) is 21.1.